The van der Waals surface area contributed by atoms with E-state index in [9.17, 15) is 0 Å². The van der Waals surface area contributed by atoms with E-state index in [0.29, 0.717) is 6.61 Å². The summed E-state index contributed by atoms with van der Waals surface area (Å²) in [6.45, 7) is 10.0. The number of halogens is 1. The van der Waals surface area contributed by atoms with Crippen molar-refractivity contribution >= 4 is 11.6 Å². The molecule has 3 rings (SSSR count). The predicted molar refractivity (Wildman–Crippen MR) is 163 cm³/mol. The van der Waals surface area contributed by atoms with E-state index in [1.807, 2.05) is 30.3 Å². The van der Waals surface area contributed by atoms with E-state index in [-0.39, 0.29) is 0 Å². The highest BCUT2D eigenvalue weighted by atomic mass is 35.5. The Balaban J connectivity index is 1.43. The molecule has 0 aliphatic rings. The van der Waals surface area contributed by atoms with Gasteiger partial charge in [0.1, 0.15) is 11.5 Å². The van der Waals surface area contributed by atoms with Crippen molar-refractivity contribution in [1.29, 1.82) is 0 Å². The third-order valence-corrected chi connectivity index (χ3v) is 6.72. The van der Waals surface area contributed by atoms with Gasteiger partial charge in [-0.25, -0.2) is 0 Å². The Labute approximate surface area is 239 Å². The minimum atomic E-state index is 0.715. The second kappa shape index (κ2) is 18.0. The number of unbranched alkanes of at least 4 members (excludes halogenated alkanes) is 6. The van der Waals surface area contributed by atoms with Crippen LogP contribution in [0.4, 0.5) is 0 Å². The summed E-state index contributed by atoms with van der Waals surface area (Å²) in [5.41, 5.74) is 4.26. The molecule has 3 aromatic carbocycles. The van der Waals surface area contributed by atoms with Gasteiger partial charge in [0.25, 0.3) is 0 Å². The molecule has 0 aromatic heterocycles. The first kappa shape index (κ1) is 30.2. The monoisotopic (exact) mass is 548 g/mol. The molecule has 4 nitrogen and oxygen atoms in total. The maximum Gasteiger partial charge on any atom is 0.119 e. The summed E-state index contributed by atoms with van der Waals surface area (Å²) in [6.07, 6.45) is 11.7. The van der Waals surface area contributed by atoms with Crippen LogP contribution in [0.2, 0.25) is 5.02 Å². The van der Waals surface area contributed by atoms with Gasteiger partial charge in [0.15, 0.2) is 0 Å². The van der Waals surface area contributed by atoms with Crippen LogP contribution in [0.15, 0.2) is 92.4 Å². The molecule has 0 aliphatic heterocycles. The van der Waals surface area contributed by atoms with E-state index < -0.39 is 0 Å². The van der Waals surface area contributed by atoms with Gasteiger partial charge in [-0.1, -0.05) is 61.2 Å². The fraction of sp³-hybridized carbons (Fsp3) is 0.353. The van der Waals surface area contributed by atoms with E-state index in [1.165, 1.54) is 12.5 Å². The normalized spacial score (nSPS) is 10.6. The molecule has 0 bridgehead atoms. The molecule has 0 saturated heterocycles. The number of ether oxygens (including phenoxy) is 4. The molecular formula is C34H41ClO4. The van der Waals surface area contributed by atoms with Crippen molar-refractivity contribution in [1.82, 2.24) is 0 Å². The lowest BCUT2D eigenvalue weighted by Gasteiger charge is -2.11. The lowest BCUT2D eigenvalue weighted by molar-refractivity contribution is 0.239. The molecule has 0 amide bonds. The zero-order valence-electron chi connectivity index (χ0n) is 22.9. The summed E-state index contributed by atoms with van der Waals surface area (Å²) in [5, 5.41) is 0.723. The summed E-state index contributed by atoms with van der Waals surface area (Å²) in [4.78, 5) is 0. The Morgan fingerprint density at radius 1 is 0.513 bits per heavy atom. The Bertz CT molecular complexity index is 1110. The maximum atomic E-state index is 6.70. The molecule has 0 spiro atoms. The molecule has 0 radical (unpaired) electrons. The molecule has 0 saturated carbocycles. The molecule has 39 heavy (non-hydrogen) atoms. The topological polar surface area (TPSA) is 36.9 Å². The third kappa shape index (κ3) is 11.1. The van der Waals surface area contributed by atoms with Gasteiger partial charge in [0.05, 0.1) is 39.0 Å². The van der Waals surface area contributed by atoms with E-state index in [0.717, 1.165) is 110 Å². The smallest absolute Gasteiger partial charge is 0.119 e. The molecule has 0 aliphatic carbocycles. The Kier molecular flexibility index (Phi) is 13.9. The van der Waals surface area contributed by atoms with Gasteiger partial charge in [0, 0.05) is 10.6 Å². The highest BCUT2D eigenvalue weighted by Gasteiger charge is 2.07. The van der Waals surface area contributed by atoms with Crippen LogP contribution in [-0.4, -0.2) is 26.4 Å². The second-order valence-corrected chi connectivity index (χ2v) is 9.75. The number of rotatable bonds is 20. The minimum absolute atomic E-state index is 0.715. The van der Waals surface area contributed by atoms with Crippen molar-refractivity contribution in [2.45, 2.75) is 51.4 Å². The van der Waals surface area contributed by atoms with E-state index in [4.69, 9.17) is 30.5 Å². The number of hydrogen-bond donors (Lipinski definition) is 0. The largest absolute Gasteiger partial charge is 0.502 e. The first-order valence-electron chi connectivity index (χ1n) is 13.9. The van der Waals surface area contributed by atoms with Crippen molar-refractivity contribution in [2.24, 2.45) is 0 Å². The minimum Gasteiger partial charge on any atom is -0.502 e. The predicted octanol–water partition coefficient (Wildman–Crippen LogP) is 9.87. The molecule has 208 valence electrons. The molecule has 5 heteroatoms. The van der Waals surface area contributed by atoms with Gasteiger partial charge >= 0.3 is 0 Å². The summed E-state index contributed by atoms with van der Waals surface area (Å²) in [5.74, 6) is 1.76. The van der Waals surface area contributed by atoms with E-state index in [1.54, 1.807) is 0 Å². The second-order valence-electron chi connectivity index (χ2n) is 9.34. The van der Waals surface area contributed by atoms with Crippen LogP contribution < -0.4 is 9.47 Å². The van der Waals surface area contributed by atoms with Gasteiger partial charge in [-0.3, -0.25) is 0 Å². The fourth-order valence-corrected chi connectivity index (χ4v) is 4.52. The SMILES string of the molecule is C=COCCCCCCOc1ccc(-c2ccc(-c3ccc(OCCCCCCOC=C)cc3)c(Cl)c2)cc1. The average molecular weight is 549 g/mol. The van der Waals surface area contributed by atoms with Crippen molar-refractivity contribution < 1.29 is 18.9 Å². The molecular weight excluding hydrogens is 508 g/mol. The first-order chi connectivity index (χ1) is 19.2. The van der Waals surface area contributed by atoms with Crippen LogP contribution in [0.5, 0.6) is 11.5 Å². The molecule has 0 heterocycles. The summed E-state index contributed by atoms with van der Waals surface area (Å²) in [6, 6.07) is 22.5. The summed E-state index contributed by atoms with van der Waals surface area (Å²) in [7, 11) is 0. The van der Waals surface area contributed by atoms with Crippen molar-refractivity contribution in [3.63, 3.8) is 0 Å². The maximum absolute atomic E-state index is 6.70. The number of benzene rings is 3. The van der Waals surface area contributed by atoms with Crippen LogP contribution in [0.1, 0.15) is 51.4 Å². The molecule has 0 N–H and O–H groups in total. The van der Waals surface area contributed by atoms with Gasteiger partial charge in [0.2, 0.25) is 0 Å². The number of hydrogen-bond acceptors (Lipinski definition) is 4. The molecule has 0 atom stereocenters. The lowest BCUT2D eigenvalue weighted by Crippen LogP contribution is -1.98. The molecule has 0 fully saturated rings. The summed E-state index contributed by atoms with van der Waals surface area (Å²) < 4.78 is 22.1. The van der Waals surface area contributed by atoms with Crippen LogP contribution in [0, 0.1) is 0 Å². The summed E-state index contributed by atoms with van der Waals surface area (Å²) >= 11 is 6.70. The van der Waals surface area contributed by atoms with Crippen LogP contribution in [0.25, 0.3) is 22.3 Å². The lowest BCUT2D eigenvalue weighted by atomic mass is 10.00. The first-order valence-corrected chi connectivity index (χ1v) is 14.3. The van der Waals surface area contributed by atoms with Crippen LogP contribution in [-0.2, 0) is 9.47 Å². The van der Waals surface area contributed by atoms with Crippen LogP contribution >= 0.6 is 11.6 Å². The Hall–Kier alpha value is -3.37. The van der Waals surface area contributed by atoms with E-state index >= 15 is 0 Å². The van der Waals surface area contributed by atoms with Gasteiger partial charge in [-0.2, -0.15) is 0 Å². The Morgan fingerprint density at radius 2 is 0.949 bits per heavy atom. The fourth-order valence-electron chi connectivity index (χ4n) is 4.23. The Morgan fingerprint density at radius 3 is 1.41 bits per heavy atom. The molecule has 3 aromatic rings. The third-order valence-electron chi connectivity index (χ3n) is 6.41. The van der Waals surface area contributed by atoms with Gasteiger partial charge in [-0.05, 0) is 98.4 Å². The van der Waals surface area contributed by atoms with Crippen LogP contribution in [0.3, 0.4) is 0 Å². The quantitative estimate of drug-likeness (QED) is 0.104. The van der Waals surface area contributed by atoms with Crippen molar-refractivity contribution in [3.05, 3.63) is 97.4 Å². The van der Waals surface area contributed by atoms with E-state index in [2.05, 4.69) is 49.6 Å². The van der Waals surface area contributed by atoms with Crippen molar-refractivity contribution in [2.75, 3.05) is 26.4 Å². The van der Waals surface area contributed by atoms with Gasteiger partial charge in [-0.15, -0.1) is 0 Å². The zero-order chi connectivity index (χ0) is 27.5. The van der Waals surface area contributed by atoms with Gasteiger partial charge < -0.3 is 18.9 Å². The molecule has 0 unspecified atom stereocenters. The zero-order valence-corrected chi connectivity index (χ0v) is 23.7. The van der Waals surface area contributed by atoms with Crippen molar-refractivity contribution in [3.8, 4) is 33.8 Å². The highest BCUT2D eigenvalue weighted by Crippen LogP contribution is 2.33. The highest BCUT2D eigenvalue weighted by molar-refractivity contribution is 6.33. The standard InChI is InChI=1S/C34H41ClO4/c1-3-36-23-9-5-7-11-25-38-31-18-13-28(14-19-31)30-17-22-33(34(35)27-30)29-15-20-32(21-16-29)39-26-12-8-6-10-24-37-4-2/h3-4,13-22,27H,1-2,5-12,23-26H2. The average Bonchev–Trinajstić information content (AvgIpc) is 2.96.